The summed E-state index contributed by atoms with van der Waals surface area (Å²) in [5.41, 5.74) is 1.01. The molecule has 102 valence electrons. The molecule has 0 heterocycles. The third kappa shape index (κ3) is 4.17. The first-order valence-electron chi connectivity index (χ1n) is 6.77. The van der Waals surface area contributed by atoms with Gasteiger partial charge >= 0.3 is 11.9 Å². The summed E-state index contributed by atoms with van der Waals surface area (Å²) in [5.74, 6) is -0.700. The summed E-state index contributed by atoms with van der Waals surface area (Å²) in [6, 6.07) is 0. The van der Waals surface area contributed by atoms with Crippen molar-refractivity contribution in [3.63, 3.8) is 0 Å². The lowest BCUT2D eigenvalue weighted by Gasteiger charge is -2.21. The second-order valence-corrected chi connectivity index (χ2v) is 4.44. The molecule has 0 aromatic carbocycles. The SMILES string of the molecule is CCCCOC(=O)C1=C(C(=O)OCCCC)CC1. The van der Waals surface area contributed by atoms with Gasteiger partial charge in [-0.15, -0.1) is 0 Å². The van der Waals surface area contributed by atoms with Gasteiger partial charge in [-0.25, -0.2) is 9.59 Å². The smallest absolute Gasteiger partial charge is 0.334 e. The normalized spacial score (nSPS) is 14.1. The van der Waals surface area contributed by atoms with Crippen molar-refractivity contribution in [1.82, 2.24) is 0 Å². The average Bonchev–Trinajstić information content (AvgIpc) is 2.28. The predicted octanol–water partition coefficient (Wildman–Crippen LogP) is 2.76. The van der Waals surface area contributed by atoms with Crippen molar-refractivity contribution in [1.29, 1.82) is 0 Å². The van der Waals surface area contributed by atoms with Crippen molar-refractivity contribution in [2.24, 2.45) is 0 Å². The zero-order chi connectivity index (χ0) is 13.4. The number of rotatable bonds is 8. The van der Waals surface area contributed by atoms with Crippen LogP contribution in [0.25, 0.3) is 0 Å². The monoisotopic (exact) mass is 254 g/mol. The largest absolute Gasteiger partial charge is 0.462 e. The van der Waals surface area contributed by atoms with Crippen LogP contribution in [0.1, 0.15) is 52.4 Å². The van der Waals surface area contributed by atoms with Gasteiger partial charge in [-0.05, 0) is 25.7 Å². The van der Waals surface area contributed by atoms with Crippen LogP contribution in [0.4, 0.5) is 0 Å². The number of hydrogen-bond acceptors (Lipinski definition) is 4. The lowest BCUT2D eigenvalue weighted by Crippen LogP contribution is -2.23. The fraction of sp³-hybridized carbons (Fsp3) is 0.714. The summed E-state index contributed by atoms with van der Waals surface area (Å²) < 4.78 is 10.2. The fourth-order valence-electron chi connectivity index (χ4n) is 1.62. The van der Waals surface area contributed by atoms with E-state index >= 15 is 0 Å². The van der Waals surface area contributed by atoms with E-state index in [2.05, 4.69) is 0 Å². The van der Waals surface area contributed by atoms with Crippen LogP contribution in [-0.4, -0.2) is 25.2 Å². The van der Waals surface area contributed by atoms with Crippen LogP contribution in [0.15, 0.2) is 11.1 Å². The minimum atomic E-state index is -0.350. The summed E-state index contributed by atoms with van der Waals surface area (Å²) in [6.45, 7) is 4.92. The second-order valence-electron chi connectivity index (χ2n) is 4.44. The Hall–Kier alpha value is -1.32. The average molecular weight is 254 g/mol. The number of carbonyl (C=O) groups excluding carboxylic acids is 2. The Labute approximate surface area is 108 Å². The van der Waals surface area contributed by atoms with Crippen molar-refractivity contribution in [3.8, 4) is 0 Å². The molecule has 0 amide bonds. The van der Waals surface area contributed by atoms with Crippen LogP contribution < -0.4 is 0 Å². The van der Waals surface area contributed by atoms with Crippen molar-refractivity contribution < 1.29 is 19.1 Å². The predicted molar refractivity (Wildman–Crippen MR) is 68.0 cm³/mol. The van der Waals surface area contributed by atoms with Gasteiger partial charge in [-0.1, -0.05) is 26.7 Å². The van der Waals surface area contributed by atoms with Gasteiger partial charge in [-0.2, -0.15) is 0 Å². The first-order valence-corrected chi connectivity index (χ1v) is 6.77. The van der Waals surface area contributed by atoms with Crippen molar-refractivity contribution >= 4 is 11.9 Å². The summed E-state index contributed by atoms with van der Waals surface area (Å²) in [7, 11) is 0. The van der Waals surface area contributed by atoms with E-state index in [1.807, 2.05) is 13.8 Å². The Morgan fingerprint density at radius 2 is 1.28 bits per heavy atom. The summed E-state index contributed by atoms with van der Waals surface area (Å²) in [5, 5.41) is 0. The number of ether oxygens (including phenoxy) is 2. The highest BCUT2D eigenvalue weighted by atomic mass is 16.5. The molecule has 4 nitrogen and oxygen atoms in total. The molecular weight excluding hydrogens is 232 g/mol. The van der Waals surface area contributed by atoms with E-state index in [4.69, 9.17) is 9.47 Å². The minimum absolute atomic E-state index is 0.350. The first kappa shape index (κ1) is 14.7. The molecule has 4 heteroatoms. The third-order valence-electron chi connectivity index (χ3n) is 2.94. The van der Waals surface area contributed by atoms with E-state index < -0.39 is 0 Å². The van der Waals surface area contributed by atoms with E-state index in [0.29, 0.717) is 37.2 Å². The molecule has 0 bridgehead atoms. The van der Waals surface area contributed by atoms with Gasteiger partial charge in [0, 0.05) is 11.1 Å². The molecule has 0 spiro atoms. The molecule has 0 unspecified atom stereocenters. The molecule has 0 fully saturated rings. The van der Waals surface area contributed by atoms with Gasteiger partial charge in [0.2, 0.25) is 0 Å². The molecule has 0 aromatic heterocycles. The van der Waals surface area contributed by atoms with Crippen LogP contribution in [0.5, 0.6) is 0 Å². The third-order valence-corrected chi connectivity index (χ3v) is 2.94. The van der Waals surface area contributed by atoms with Gasteiger partial charge in [0.05, 0.1) is 13.2 Å². The highest BCUT2D eigenvalue weighted by Gasteiger charge is 2.30. The maximum Gasteiger partial charge on any atom is 0.334 e. The van der Waals surface area contributed by atoms with Crippen molar-refractivity contribution in [2.75, 3.05) is 13.2 Å². The molecule has 1 rings (SSSR count). The Bertz CT molecular complexity index is 299. The molecule has 0 aromatic rings. The molecule has 18 heavy (non-hydrogen) atoms. The maximum absolute atomic E-state index is 11.7. The summed E-state index contributed by atoms with van der Waals surface area (Å²) >= 11 is 0. The van der Waals surface area contributed by atoms with Crippen LogP contribution in [0, 0.1) is 0 Å². The van der Waals surface area contributed by atoms with E-state index in [0.717, 1.165) is 25.7 Å². The first-order chi connectivity index (χ1) is 8.70. The molecule has 0 atom stereocenters. The number of unbranched alkanes of at least 4 members (excludes halogenated alkanes) is 2. The lowest BCUT2D eigenvalue weighted by atomic mass is 9.88. The number of hydrogen-bond donors (Lipinski definition) is 0. The van der Waals surface area contributed by atoms with Crippen molar-refractivity contribution in [3.05, 3.63) is 11.1 Å². The molecule has 1 aliphatic rings. The van der Waals surface area contributed by atoms with E-state index in [-0.39, 0.29) is 11.9 Å². The molecule has 1 aliphatic carbocycles. The van der Waals surface area contributed by atoms with E-state index in [1.54, 1.807) is 0 Å². The van der Waals surface area contributed by atoms with Crippen LogP contribution >= 0.6 is 0 Å². The van der Waals surface area contributed by atoms with Gasteiger partial charge in [0.25, 0.3) is 0 Å². The number of carbonyl (C=O) groups is 2. The molecule has 0 saturated heterocycles. The highest BCUT2D eigenvalue weighted by Crippen LogP contribution is 2.29. The van der Waals surface area contributed by atoms with Crippen LogP contribution in [-0.2, 0) is 19.1 Å². The minimum Gasteiger partial charge on any atom is -0.462 e. The molecule has 0 N–H and O–H groups in total. The van der Waals surface area contributed by atoms with Gasteiger partial charge in [-0.3, -0.25) is 0 Å². The molecule has 0 aliphatic heterocycles. The zero-order valence-corrected chi connectivity index (χ0v) is 11.3. The Balaban J connectivity index is 2.42. The van der Waals surface area contributed by atoms with E-state index in [1.165, 1.54) is 0 Å². The Morgan fingerprint density at radius 3 is 1.56 bits per heavy atom. The van der Waals surface area contributed by atoms with Gasteiger partial charge in [0.15, 0.2) is 0 Å². The van der Waals surface area contributed by atoms with Crippen molar-refractivity contribution in [2.45, 2.75) is 52.4 Å². The highest BCUT2D eigenvalue weighted by molar-refractivity contribution is 6.02. The van der Waals surface area contributed by atoms with E-state index in [9.17, 15) is 9.59 Å². The number of esters is 2. The lowest BCUT2D eigenvalue weighted by molar-refractivity contribution is -0.143. The molecular formula is C14H22O4. The van der Waals surface area contributed by atoms with Gasteiger partial charge < -0.3 is 9.47 Å². The fourth-order valence-corrected chi connectivity index (χ4v) is 1.62. The zero-order valence-electron chi connectivity index (χ0n) is 11.3. The Kier molecular flexibility index (Phi) is 6.47. The standard InChI is InChI=1S/C14H22O4/c1-3-5-9-17-13(15)11-7-8-12(11)14(16)18-10-6-4-2/h3-10H2,1-2H3. The maximum atomic E-state index is 11.7. The van der Waals surface area contributed by atoms with Gasteiger partial charge in [0.1, 0.15) is 0 Å². The molecule has 0 radical (unpaired) electrons. The summed E-state index contributed by atoms with van der Waals surface area (Å²) in [4.78, 5) is 23.3. The Morgan fingerprint density at radius 1 is 0.889 bits per heavy atom. The van der Waals surface area contributed by atoms with Crippen LogP contribution in [0.3, 0.4) is 0 Å². The van der Waals surface area contributed by atoms with Crippen LogP contribution in [0.2, 0.25) is 0 Å². The summed E-state index contributed by atoms with van der Waals surface area (Å²) in [6.07, 6.45) is 4.94. The quantitative estimate of drug-likeness (QED) is 0.493. The topological polar surface area (TPSA) is 52.6 Å². The second kappa shape index (κ2) is 7.90. The molecule has 0 saturated carbocycles.